The topological polar surface area (TPSA) is 42.4 Å². The molecule has 22 heavy (non-hydrogen) atoms. The van der Waals surface area contributed by atoms with Crippen molar-refractivity contribution in [3.8, 4) is 5.19 Å². The molecule has 1 saturated heterocycles. The summed E-state index contributed by atoms with van der Waals surface area (Å²) in [5.41, 5.74) is 0.993. The number of ether oxygens (including phenoxy) is 1. The Hall–Kier alpha value is -1.62. The van der Waals surface area contributed by atoms with Gasteiger partial charge in [0.1, 0.15) is 6.10 Å². The molecule has 1 amide bonds. The van der Waals surface area contributed by atoms with E-state index in [1.54, 1.807) is 11.3 Å². The van der Waals surface area contributed by atoms with Crippen LogP contribution in [0.15, 0.2) is 24.3 Å². The van der Waals surface area contributed by atoms with Crippen LogP contribution in [-0.4, -0.2) is 35.0 Å². The third kappa shape index (κ3) is 3.58. The molecule has 0 bridgehead atoms. The number of hydrogen-bond acceptors (Lipinski definition) is 4. The van der Waals surface area contributed by atoms with Crippen molar-refractivity contribution in [1.82, 2.24) is 9.88 Å². The number of rotatable bonds is 4. The molecule has 1 aliphatic heterocycles. The average molecular weight is 318 g/mol. The molecular weight excluding hydrogens is 296 g/mol. The molecule has 1 aromatic carbocycles. The summed E-state index contributed by atoms with van der Waals surface area (Å²) >= 11 is 1.59. The molecule has 1 fully saturated rings. The summed E-state index contributed by atoms with van der Waals surface area (Å²) in [5, 5.41) is 0.744. The number of carbonyl (C=O) groups excluding carboxylic acids is 1. The maximum Gasteiger partial charge on any atom is 0.274 e. The number of hydrogen-bond donors (Lipinski definition) is 0. The zero-order chi connectivity index (χ0) is 15.5. The summed E-state index contributed by atoms with van der Waals surface area (Å²) in [6.07, 6.45) is 2.59. The second kappa shape index (κ2) is 6.65. The predicted molar refractivity (Wildman–Crippen MR) is 89.3 cm³/mol. The molecule has 4 nitrogen and oxygen atoms in total. The van der Waals surface area contributed by atoms with Crippen LogP contribution in [-0.2, 0) is 4.79 Å². The van der Waals surface area contributed by atoms with E-state index in [1.807, 2.05) is 23.1 Å². The monoisotopic (exact) mass is 318 g/mol. The van der Waals surface area contributed by atoms with Gasteiger partial charge in [-0.2, -0.15) is 0 Å². The van der Waals surface area contributed by atoms with Crippen LogP contribution in [0.3, 0.4) is 0 Å². The average Bonchev–Trinajstić information content (AvgIpc) is 2.89. The molecule has 0 N–H and O–H groups in total. The van der Waals surface area contributed by atoms with Crippen molar-refractivity contribution < 1.29 is 9.53 Å². The molecule has 1 aromatic heterocycles. The normalized spacial score (nSPS) is 16.4. The van der Waals surface area contributed by atoms with Gasteiger partial charge in [-0.15, -0.1) is 0 Å². The molecule has 0 saturated carbocycles. The predicted octanol–water partition coefficient (Wildman–Crippen LogP) is 3.71. The van der Waals surface area contributed by atoms with Crippen molar-refractivity contribution in [3.05, 3.63) is 24.3 Å². The third-order valence-corrected chi connectivity index (χ3v) is 4.85. The van der Waals surface area contributed by atoms with Gasteiger partial charge in [0.25, 0.3) is 5.19 Å². The van der Waals surface area contributed by atoms with Gasteiger partial charge in [-0.3, -0.25) is 4.79 Å². The fourth-order valence-electron chi connectivity index (χ4n) is 2.75. The minimum absolute atomic E-state index is 0.170. The Labute approximate surface area is 135 Å². The Morgan fingerprint density at radius 2 is 2.09 bits per heavy atom. The molecule has 0 spiro atoms. The minimum atomic E-state index is 0.170. The van der Waals surface area contributed by atoms with Crippen LogP contribution in [0.4, 0.5) is 0 Å². The van der Waals surface area contributed by atoms with Gasteiger partial charge in [-0.05, 0) is 18.1 Å². The van der Waals surface area contributed by atoms with Crippen molar-refractivity contribution in [2.75, 3.05) is 13.1 Å². The molecule has 1 aliphatic rings. The van der Waals surface area contributed by atoms with Crippen molar-refractivity contribution in [3.63, 3.8) is 0 Å². The van der Waals surface area contributed by atoms with Crippen molar-refractivity contribution >= 4 is 27.5 Å². The lowest BCUT2D eigenvalue weighted by Crippen LogP contribution is -2.42. The van der Waals surface area contributed by atoms with Gasteiger partial charge < -0.3 is 9.64 Å². The van der Waals surface area contributed by atoms with E-state index in [4.69, 9.17) is 4.74 Å². The molecule has 0 unspecified atom stereocenters. The van der Waals surface area contributed by atoms with Crippen molar-refractivity contribution in [2.45, 2.75) is 39.2 Å². The maximum atomic E-state index is 12.1. The van der Waals surface area contributed by atoms with E-state index >= 15 is 0 Å². The first-order valence-electron chi connectivity index (χ1n) is 7.92. The smallest absolute Gasteiger partial charge is 0.274 e. The van der Waals surface area contributed by atoms with E-state index in [-0.39, 0.29) is 12.0 Å². The number of fused-ring (bicyclic) bond motifs is 1. The lowest BCUT2D eigenvalue weighted by Gasteiger charge is -2.32. The van der Waals surface area contributed by atoms with Gasteiger partial charge in [-0.25, -0.2) is 4.98 Å². The largest absolute Gasteiger partial charge is 0.467 e. The van der Waals surface area contributed by atoms with Crippen LogP contribution in [0.1, 0.15) is 33.1 Å². The SMILES string of the molecule is CC(C)CC(=O)N1CCC(Oc2nc3ccccc3s2)CC1. The molecule has 0 atom stereocenters. The number of thiazole rings is 1. The first-order chi connectivity index (χ1) is 10.6. The van der Waals surface area contributed by atoms with Gasteiger partial charge in [0.15, 0.2) is 0 Å². The number of para-hydroxylation sites is 1. The molecule has 0 radical (unpaired) electrons. The summed E-state index contributed by atoms with van der Waals surface area (Å²) < 4.78 is 7.17. The van der Waals surface area contributed by atoms with Gasteiger partial charge in [0.2, 0.25) is 5.91 Å². The van der Waals surface area contributed by atoms with Crippen LogP contribution < -0.4 is 4.74 Å². The Balaban J connectivity index is 1.54. The molecule has 3 rings (SSSR count). The van der Waals surface area contributed by atoms with E-state index in [9.17, 15) is 4.79 Å². The first kappa shape index (κ1) is 15.3. The first-order valence-corrected chi connectivity index (χ1v) is 8.73. The molecular formula is C17H22N2O2S. The summed E-state index contributed by atoms with van der Waals surface area (Å²) in [7, 11) is 0. The van der Waals surface area contributed by atoms with E-state index < -0.39 is 0 Å². The highest BCUT2D eigenvalue weighted by atomic mass is 32.1. The van der Waals surface area contributed by atoms with Crippen LogP contribution in [0.25, 0.3) is 10.2 Å². The van der Waals surface area contributed by atoms with Crippen molar-refractivity contribution in [1.29, 1.82) is 0 Å². The summed E-state index contributed by atoms with van der Waals surface area (Å²) in [4.78, 5) is 18.6. The Kier molecular flexibility index (Phi) is 4.62. The highest BCUT2D eigenvalue weighted by Crippen LogP contribution is 2.29. The fraction of sp³-hybridized carbons (Fsp3) is 0.529. The highest BCUT2D eigenvalue weighted by Gasteiger charge is 2.24. The van der Waals surface area contributed by atoms with E-state index in [2.05, 4.69) is 24.9 Å². The zero-order valence-corrected chi connectivity index (χ0v) is 13.9. The maximum absolute atomic E-state index is 12.1. The minimum Gasteiger partial charge on any atom is -0.467 e. The molecule has 5 heteroatoms. The third-order valence-electron chi connectivity index (χ3n) is 3.92. The van der Waals surface area contributed by atoms with E-state index in [1.165, 1.54) is 0 Å². The quantitative estimate of drug-likeness (QED) is 0.863. The second-order valence-electron chi connectivity index (χ2n) is 6.24. The van der Waals surface area contributed by atoms with Crippen LogP contribution in [0.2, 0.25) is 0 Å². The molecule has 118 valence electrons. The number of likely N-dealkylation sites (tertiary alicyclic amines) is 1. The number of nitrogens with zero attached hydrogens (tertiary/aromatic N) is 2. The second-order valence-corrected chi connectivity index (χ2v) is 7.24. The number of aromatic nitrogens is 1. The van der Waals surface area contributed by atoms with Gasteiger partial charge in [0, 0.05) is 32.4 Å². The van der Waals surface area contributed by atoms with E-state index in [0.717, 1.165) is 41.3 Å². The standard InChI is InChI=1S/C17H22N2O2S/c1-12(2)11-16(20)19-9-7-13(8-10-19)21-17-18-14-5-3-4-6-15(14)22-17/h3-6,12-13H,7-11H2,1-2H3. The zero-order valence-electron chi connectivity index (χ0n) is 13.1. The lowest BCUT2D eigenvalue weighted by molar-refractivity contribution is -0.133. The van der Waals surface area contributed by atoms with Gasteiger partial charge in [-0.1, -0.05) is 37.3 Å². The summed E-state index contributed by atoms with van der Waals surface area (Å²) in [5.74, 6) is 0.692. The number of piperidine rings is 1. The van der Waals surface area contributed by atoms with Gasteiger partial charge in [0.05, 0.1) is 10.2 Å². The summed E-state index contributed by atoms with van der Waals surface area (Å²) in [6.45, 7) is 5.75. The van der Waals surface area contributed by atoms with Crippen LogP contribution in [0, 0.1) is 5.92 Å². The van der Waals surface area contributed by atoms with E-state index in [0.29, 0.717) is 12.3 Å². The molecule has 0 aliphatic carbocycles. The molecule has 2 aromatic rings. The Morgan fingerprint density at radius 1 is 1.36 bits per heavy atom. The Bertz CT molecular complexity index is 612. The number of benzene rings is 1. The van der Waals surface area contributed by atoms with Crippen LogP contribution in [0.5, 0.6) is 5.19 Å². The van der Waals surface area contributed by atoms with Gasteiger partial charge >= 0.3 is 0 Å². The van der Waals surface area contributed by atoms with Crippen molar-refractivity contribution in [2.24, 2.45) is 5.92 Å². The number of amides is 1. The molecule has 2 heterocycles. The number of carbonyl (C=O) groups is 1. The summed E-state index contributed by atoms with van der Waals surface area (Å²) in [6, 6.07) is 8.08. The Morgan fingerprint density at radius 3 is 2.77 bits per heavy atom. The highest BCUT2D eigenvalue weighted by molar-refractivity contribution is 7.20. The van der Waals surface area contributed by atoms with Crippen LogP contribution >= 0.6 is 11.3 Å². The lowest BCUT2D eigenvalue weighted by atomic mass is 10.1. The fourth-order valence-corrected chi connectivity index (χ4v) is 3.63.